The molecule has 0 radical (unpaired) electrons. The second-order valence-corrected chi connectivity index (χ2v) is 7.64. The first-order valence-corrected chi connectivity index (χ1v) is 9.14. The summed E-state index contributed by atoms with van der Waals surface area (Å²) in [6, 6.07) is 3.37. The largest absolute Gasteiger partial charge is 0.350 e. The highest BCUT2D eigenvalue weighted by atomic mass is 32.1. The summed E-state index contributed by atoms with van der Waals surface area (Å²) in [6.45, 7) is 6.15. The molecule has 1 saturated heterocycles. The Morgan fingerprint density at radius 1 is 1.04 bits per heavy atom. The molecule has 2 fully saturated rings. The van der Waals surface area contributed by atoms with Gasteiger partial charge in [-0.3, -0.25) is 0 Å². The molecule has 7 heteroatoms. The van der Waals surface area contributed by atoms with Gasteiger partial charge in [-0.05, 0) is 39.5 Å². The van der Waals surface area contributed by atoms with Crippen molar-refractivity contribution >= 4 is 22.3 Å². The molecule has 2 aromatic heterocycles. The molecule has 0 spiro atoms. The van der Waals surface area contributed by atoms with E-state index in [1.807, 2.05) is 13.8 Å². The molecule has 3 heterocycles. The lowest BCUT2D eigenvalue weighted by Crippen LogP contribution is -2.46. The van der Waals surface area contributed by atoms with Gasteiger partial charge < -0.3 is 9.80 Å². The SMILES string of the molecule is Cc1cc(N(C2CC2)C2CCN(c3nnc(C)s3)CC2)ncn1. The van der Waals surface area contributed by atoms with Gasteiger partial charge in [-0.1, -0.05) is 11.3 Å². The zero-order valence-electron chi connectivity index (χ0n) is 13.6. The molecule has 0 unspecified atom stereocenters. The van der Waals surface area contributed by atoms with Crippen LogP contribution in [0.25, 0.3) is 0 Å². The van der Waals surface area contributed by atoms with Gasteiger partial charge in [0.25, 0.3) is 0 Å². The van der Waals surface area contributed by atoms with Crippen LogP contribution in [0, 0.1) is 13.8 Å². The molecule has 2 aliphatic rings. The van der Waals surface area contributed by atoms with E-state index in [2.05, 4.69) is 36.0 Å². The molecule has 2 aromatic rings. The summed E-state index contributed by atoms with van der Waals surface area (Å²) in [6.07, 6.45) is 6.58. The number of aryl methyl sites for hydroxylation is 2. The maximum absolute atomic E-state index is 4.54. The van der Waals surface area contributed by atoms with Crippen molar-refractivity contribution in [3.8, 4) is 0 Å². The highest BCUT2D eigenvalue weighted by molar-refractivity contribution is 7.15. The fourth-order valence-corrected chi connectivity index (χ4v) is 4.10. The monoisotopic (exact) mass is 330 g/mol. The van der Waals surface area contributed by atoms with Crippen LogP contribution in [-0.4, -0.2) is 45.3 Å². The van der Waals surface area contributed by atoms with Crippen molar-refractivity contribution < 1.29 is 0 Å². The molecule has 23 heavy (non-hydrogen) atoms. The Kier molecular flexibility index (Phi) is 3.88. The van der Waals surface area contributed by atoms with Crippen LogP contribution < -0.4 is 9.80 Å². The number of rotatable bonds is 4. The van der Waals surface area contributed by atoms with Crippen molar-refractivity contribution in [3.63, 3.8) is 0 Å². The topological polar surface area (TPSA) is 58.0 Å². The van der Waals surface area contributed by atoms with Crippen molar-refractivity contribution in [1.29, 1.82) is 0 Å². The summed E-state index contributed by atoms with van der Waals surface area (Å²) < 4.78 is 0. The van der Waals surface area contributed by atoms with Crippen molar-refractivity contribution in [2.24, 2.45) is 0 Å². The molecule has 1 aliphatic heterocycles. The molecule has 0 bridgehead atoms. The standard InChI is InChI=1S/C16H22N6S/c1-11-9-15(18-10-17-11)22(13-3-4-13)14-5-7-21(8-6-14)16-20-19-12(2)23-16/h9-10,13-14H,3-8H2,1-2H3. The fraction of sp³-hybridized carbons (Fsp3) is 0.625. The van der Waals surface area contributed by atoms with E-state index in [-0.39, 0.29) is 0 Å². The van der Waals surface area contributed by atoms with Crippen LogP contribution in [0.15, 0.2) is 12.4 Å². The molecule has 122 valence electrons. The zero-order chi connectivity index (χ0) is 15.8. The van der Waals surface area contributed by atoms with Crippen LogP contribution in [0.4, 0.5) is 10.9 Å². The average molecular weight is 330 g/mol. The Labute approximate surface area is 140 Å². The van der Waals surface area contributed by atoms with Gasteiger partial charge in [0, 0.05) is 36.9 Å². The van der Waals surface area contributed by atoms with Gasteiger partial charge in [0.15, 0.2) is 0 Å². The van der Waals surface area contributed by atoms with Crippen LogP contribution in [0.2, 0.25) is 0 Å². The Morgan fingerprint density at radius 2 is 1.78 bits per heavy atom. The Hall–Kier alpha value is -1.76. The lowest BCUT2D eigenvalue weighted by Gasteiger charge is -2.39. The first kappa shape index (κ1) is 14.8. The van der Waals surface area contributed by atoms with Crippen LogP contribution in [0.5, 0.6) is 0 Å². The third kappa shape index (κ3) is 3.15. The molecule has 0 aromatic carbocycles. The van der Waals surface area contributed by atoms with Gasteiger partial charge in [0.05, 0.1) is 0 Å². The molecule has 0 amide bonds. The Morgan fingerprint density at radius 3 is 2.39 bits per heavy atom. The van der Waals surface area contributed by atoms with Crippen LogP contribution >= 0.6 is 11.3 Å². The number of anilines is 2. The van der Waals surface area contributed by atoms with Gasteiger partial charge in [0.2, 0.25) is 5.13 Å². The van der Waals surface area contributed by atoms with Gasteiger partial charge in [-0.2, -0.15) is 0 Å². The molecule has 0 atom stereocenters. The molecule has 6 nitrogen and oxygen atoms in total. The number of aromatic nitrogens is 4. The summed E-state index contributed by atoms with van der Waals surface area (Å²) in [5.74, 6) is 1.10. The Balaban J connectivity index is 1.47. The van der Waals surface area contributed by atoms with E-state index < -0.39 is 0 Å². The summed E-state index contributed by atoms with van der Waals surface area (Å²) in [5, 5.41) is 10.5. The van der Waals surface area contributed by atoms with Crippen molar-refractivity contribution in [3.05, 3.63) is 23.1 Å². The second kappa shape index (κ2) is 6.03. The minimum atomic E-state index is 0.571. The first-order valence-electron chi connectivity index (χ1n) is 8.33. The minimum absolute atomic E-state index is 0.571. The molecular formula is C16H22N6S. The van der Waals surface area contributed by atoms with Crippen molar-refractivity contribution in [2.45, 2.75) is 51.6 Å². The van der Waals surface area contributed by atoms with E-state index >= 15 is 0 Å². The van der Waals surface area contributed by atoms with E-state index in [0.717, 1.165) is 47.6 Å². The smallest absolute Gasteiger partial charge is 0.208 e. The summed E-state index contributed by atoms with van der Waals surface area (Å²) >= 11 is 1.69. The predicted molar refractivity (Wildman–Crippen MR) is 92.2 cm³/mol. The zero-order valence-corrected chi connectivity index (χ0v) is 14.5. The lowest BCUT2D eigenvalue weighted by molar-refractivity contribution is 0.458. The number of nitrogens with zero attached hydrogens (tertiary/aromatic N) is 6. The van der Waals surface area contributed by atoms with E-state index in [1.165, 1.54) is 12.8 Å². The number of hydrogen-bond acceptors (Lipinski definition) is 7. The quantitative estimate of drug-likeness (QED) is 0.859. The van der Waals surface area contributed by atoms with E-state index in [0.29, 0.717) is 12.1 Å². The summed E-state index contributed by atoms with van der Waals surface area (Å²) in [7, 11) is 0. The molecule has 1 aliphatic carbocycles. The first-order chi connectivity index (χ1) is 11.2. The summed E-state index contributed by atoms with van der Waals surface area (Å²) in [4.78, 5) is 13.7. The summed E-state index contributed by atoms with van der Waals surface area (Å²) in [5.41, 5.74) is 1.04. The molecule has 4 rings (SSSR count). The highest BCUT2D eigenvalue weighted by Gasteiger charge is 2.36. The molecule has 1 saturated carbocycles. The van der Waals surface area contributed by atoms with Crippen molar-refractivity contribution in [2.75, 3.05) is 22.9 Å². The van der Waals surface area contributed by atoms with E-state index in [4.69, 9.17) is 0 Å². The second-order valence-electron chi connectivity index (χ2n) is 6.48. The van der Waals surface area contributed by atoms with Gasteiger partial charge in [0.1, 0.15) is 17.2 Å². The van der Waals surface area contributed by atoms with E-state index in [9.17, 15) is 0 Å². The average Bonchev–Trinajstić information content (AvgIpc) is 3.28. The van der Waals surface area contributed by atoms with E-state index in [1.54, 1.807) is 17.7 Å². The van der Waals surface area contributed by atoms with Crippen LogP contribution in [0.1, 0.15) is 36.4 Å². The van der Waals surface area contributed by atoms with Crippen LogP contribution in [-0.2, 0) is 0 Å². The van der Waals surface area contributed by atoms with Gasteiger partial charge in [-0.25, -0.2) is 9.97 Å². The third-order valence-electron chi connectivity index (χ3n) is 4.64. The Bertz CT molecular complexity index is 675. The molecule has 0 N–H and O–H groups in total. The minimum Gasteiger partial charge on any atom is -0.350 e. The maximum Gasteiger partial charge on any atom is 0.208 e. The number of piperidine rings is 1. The fourth-order valence-electron chi connectivity index (χ4n) is 3.36. The normalized spacial score (nSPS) is 19.1. The van der Waals surface area contributed by atoms with Crippen LogP contribution in [0.3, 0.4) is 0 Å². The lowest BCUT2D eigenvalue weighted by atomic mass is 10.0. The maximum atomic E-state index is 4.54. The predicted octanol–water partition coefficient (Wildman–Crippen LogP) is 2.58. The highest BCUT2D eigenvalue weighted by Crippen LogP contribution is 2.36. The van der Waals surface area contributed by atoms with Crippen molar-refractivity contribution in [1.82, 2.24) is 20.2 Å². The molecular weight excluding hydrogens is 308 g/mol. The number of hydrogen-bond donors (Lipinski definition) is 0. The van der Waals surface area contributed by atoms with Gasteiger partial charge in [-0.15, -0.1) is 10.2 Å². The van der Waals surface area contributed by atoms with Gasteiger partial charge >= 0.3 is 0 Å². The third-order valence-corrected chi connectivity index (χ3v) is 5.54.